The number of hydrogen-bond donors (Lipinski definition) is 2. The molecular weight excluding hydrogens is 554 g/mol. The molecule has 1 amide bonds. The summed E-state index contributed by atoms with van der Waals surface area (Å²) in [7, 11) is 0. The number of hydrogen-bond acceptors (Lipinski definition) is 5. The Morgan fingerprint density at radius 2 is 1.77 bits per heavy atom. The fourth-order valence-electron chi connectivity index (χ4n) is 5.04. The van der Waals surface area contributed by atoms with Gasteiger partial charge in [-0.1, -0.05) is 50.2 Å². The predicted octanol–water partition coefficient (Wildman–Crippen LogP) is 8.35. The van der Waals surface area contributed by atoms with Crippen LogP contribution in [-0.4, -0.2) is 26.2 Å². The van der Waals surface area contributed by atoms with E-state index in [2.05, 4.69) is 66.4 Å². The monoisotopic (exact) mass is 587 g/mol. The van der Waals surface area contributed by atoms with E-state index in [4.69, 9.17) is 9.72 Å². The van der Waals surface area contributed by atoms with Crippen LogP contribution in [0.1, 0.15) is 59.4 Å². The molecule has 2 aromatic carbocycles. The van der Waals surface area contributed by atoms with Gasteiger partial charge in [-0.3, -0.25) is 4.57 Å². The number of aromatic nitrogens is 3. The number of anilines is 2. The number of fused-ring (bicyclic) bond motifs is 5. The molecule has 2 aromatic heterocycles. The highest BCUT2D eigenvalue weighted by Gasteiger charge is 2.41. The number of ether oxygens (including phenoxy) is 1. The summed E-state index contributed by atoms with van der Waals surface area (Å²) < 4.78 is 8.49. The molecule has 2 aliphatic rings. The molecule has 202 valence electrons. The minimum atomic E-state index is -0.535. The maximum absolute atomic E-state index is 12.6. The summed E-state index contributed by atoms with van der Waals surface area (Å²) >= 11 is 3.85. The minimum Gasteiger partial charge on any atom is -0.444 e. The van der Waals surface area contributed by atoms with E-state index in [9.17, 15) is 4.79 Å². The van der Waals surface area contributed by atoms with Crippen LogP contribution in [0, 0.1) is 0 Å². The van der Waals surface area contributed by atoms with E-state index >= 15 is 0 Å². The van der Waals surface area contributed by atoms with Crippen LogP contribution in [0.3, 0.4) is 0 Å². The third-order valence-corrected chi connectivity index (χ3v) is 7.66. The quantitative estimate of drug-likeness (QED) is 0.221. The zero-order valence-electron chi connectivity index (χ0n) is 23.0. The Morgan fingerprint density at radius 3 is 2.44 bits per heavy atom. The van der Waals surface area contributed by atoms with Gasteiger partial charge in [0, 0.05) is 17.3 Å². The number of alkyl carbamates (subject to hydrolysis) is 1. The van der Waals surface area contributed by atoms with E-state index in [1.165, 1.54) is 0 Å². The van der Waals surface area contributed by atoms with Crippen molar-refractivity contribution >= 4 is 33.5 Å². The molecular formula is C31H34BrN5O2. The number of carbonyl (C=O) groups excluding carboxylic acids is 1. The Hall–Kier alpha value is -3.65. The molecule has 1 aliphatic carbocycles. The number of amides is 1. The van der Waals surface area contributed by atoms with E-state index < -0.39 is 11.1 Å². The van der Waals surface area contributed by atoms with Gasteiger partial charge in [0.05, 0.1) is 16.9 Å². The fourth-order valence-corrected chi connectivity index (χ4v) is 5.71. The summed E-state index contributed by atoms with van der Waals surface area (Å²) in [5.41, 5.74) is 4.86. The number of halogens is 1. The average Bonchev–Trinajstić information content (AvgIpc) is 3.16. The van der Waals surface area contributed by atoms with Gasteiger partial charge in [-0.2, -0.15) is 0 Å². The summed E-state index contributed by atoms with van der Waals surface area (Å²) in [5, 5.41) is 6.59. The molecule has 1 fully saturated rings. The topological polar surface area (TPSA) is 81.1 Å². The van der Waals surface area contributed by atoms with Crippen molar-refractivity contribution in [2.24, 2.45) is 0 Å². The van der Waals surface area contributed by atoms with Crippen LogP contribution in [-0.2, 0) is 10.3 Å². The van der Waals surface area contributed by atoms with Crippen molar-refractivity contribution in [2.45, 2.75) is 65.0 Å². The summed E-state index contributed by atoms with van der Waals surface area (Å²) in [6.07, 6.45) is 4.25. The molecule has 2 N–H and O–H groups in total. The SMILES string of the molecule is CC.CC(C)(C)OC(=O)NC1(c2ccc(-c3nc4n(c3Br)-c3cccnc3Nc3ccccc3-4)cc2)CCC1. The van der Waals surface area contributed by atoms with Crippen molar-refractivity contribution < 1.29 is 9.53 Å². The van der Waals surface area contributed by atoms with Crippen molar-refractivity contribution in [1.29, 1.82) is 0 Å². The highest BCUT2D eigenvalue weighted by atomic mass is 79.9. The molecule has 0 radical (unpaired) electrons. The number of imidazole rings is 1. The molecule has 8 heteroatoms. The highest BCUT2D eigenvalue weighted by molar-refractivity contribution is 9.10. The van der Waals surface area contributed by atoms with Crippen LogP contribution in [0.4, 0.5) is 16.3 Å². The van der Waals surface area contributed by atoms with Crippen LogP contribution in [0.2, 0.25) is 0 Å². The molecule has 0 bridgehead atoms. The van der Waals surface area contributed by atoms with Crippen LogP contribution in [0.25, 0.3) is 28.3 Å². The number of nitrogens with one attached hydrogen (secondary N) is 2. The lowest BCUT2D eigenvalue weighted by Crippen LogP contribution is -2.52. The Morgan fingerprint density at radius 1 is 1.05 bits per heavy atom. The Balaban J connectivity index is 0.00000151. The number of carbonyl (C=O) groups is 1. The van der Waals surface area contributed by atoms with Gasteiger partial charge in [0.15, 0.2) is 5.82 Å². The summed E-state index contributed by atoms with van der Waals surface area (Å²) in [6.45, 7) is 9.63. The van der Waals surface area contributed by atoms with Crippen LogP contribution >= 0.6 is 15.9 Å². The zero-order chi connectivity index (χ0) is 27.8. The lowest BCUT2D eigenvalue weighted by Gasteiger charge is -2.43. The lowest BCUT2D eigenvalue weighted by atomic mass is 9.72. The number of rotatable bonds is 3. The first-order chi connectivity index (χ1) is 18.7. The van der Waals surface area contributed by atoms with E-state index in [1.54, 1.807) is 6.20 Å². The summed E-state index contributed by atoms with van der Waals surface area (Å²) in [4.78, 5) is 22.2. The van der Waals surface area contributed by atoms with E-state index in [0.29, 0.717) is 0 Å². The molecule has 1 saturated carbocycles. The number of benzene rings is 2. The second-order valence-corrected chi connectivity index (χ2v) is 11.3. The van der Waals surface area contributed by atoms with E-state index in [0.717, 1.165) is 69.3 Å². The Kier molecular flexibility index (Phi) is 7.25. The van der Waals surface area contributed by atoms with Crippen LogP contribution in [0.15, 0.2) is 71.5 Å². The van der Waals surface area contributed by atoms with E-state index in [1.807, 2.05) is 65.0 Å². The molecule has 39 heavy (non-hydrogen) atoms. The predicted molar refractivity (Wildman–Crippen MR) is 159 cm³/mol. The molecule has 7 nitrogen and oxygen atoms in total. The van der Waals surface area contributed by atoms with Crippen LogP contribution < -0.4 is 10.6 Å². The largest absolute Gasteiger partial charge is 0.444 e. The summed E-state index contributed by atoms with van der Waals surface area (Å²) in [6, 6.07) is 20.4. The van der Waals surface area contributed by atoms with Gasteiger partial charge in [-0.05, 0) is 85.8 Å². The van der Waals surface area contributed by atoms with Gasteiger partial charge < -0.3 is 15.4 Å². The maximum Gasteiger partial charge on any atom is 0.408 e. The van der Waals surface area contributed by atoms with Gasteiger partial charge in [0.25, 0.3) is 0 Å². The highest BCUT2D eigenvalue weighted by Crippen LogP contribution is 2.44. The van der Waals surface area contributed by atoms with Crippen molar-refractivity contribution in [3.8, 4) is 28.3 Å². The maximum atomic E-state index is 12.6. The van der Waals surface area contributed by atoms with Gasteiger partial charge in [0.2, 0.25) is 0 Å². The number of pyridine rings is 1. The lowest BCUT2D eigenvalue weighted by molar-refractivity contribution is 0.0377. The van der Waals surface area contributed by atoms with Gasteiger partial charge in [-0.15, -0.1) is 0 Å². The first kappa shape index (κ1) is 26.9. The molecule has 0 atom stereocenters. The number of para-hydroxylation sites is 1. The van der Waals surface area contributed by atoms with Crippen molar-refractivity contribution in [3.63, 3.8) is 0 Å². The average molecular weight is 589 g/mol. The van der Waals surface area contributed by atoms with E-state index in [-0.39, 0.29) is 6.09 Å². The van der Waals surface area contributed by atoms with Gasteiger partial charge >= 0.3 is 6.09 Å². The van der Waals surface area contributed by atoms with Gasteiger partial charge in [-0.25, -0.2) is 14.8 Å². The third-order valence-electron chi connectivity index (χ3n) is 6.93. The van der Waals surface area contributed by atoms with Crippen LogP contribution in [0.5, 0.6) is 0 Å². The van der Waals surface area contributed by atoms with Crippen molar-refractivity contribution in [1.82, 2.24) is 19.9 Å². The molecule has 0 saturated heterocycles. The van der Waals surface area contributed by atoms with Crippen molar-refractivity contribution in [2.75, 3.05) is 5.32 Å². The smallest absolute Gasteiger partial charge is 0.408 e. The molecule has 3 heterocycles. The molecule has 0 unspecified atom stereocenters. The first-order valence-corrected chi connectivity index (χ1v) is 14.3. The standard InChI is InChI=1S/C29H28BrN5O2.C2H6/c1-28(2,3)37-27(36)34-29(15-7-16-29)19-13-11-18(12-14-19)23-24(30)35-22-10-6-17-31-25(22)32-21-9-5-4-8-20(21)26(35)33-23;1-2/h4-6,8-14,17H,7,15-16H2,1-3H3,(H,31,32)(H,34,36);1-2H3. The zero-order valence-corrected chi connectivity index (χ0v) is 24.6. The Bertz CT molecular complexity index is 1500. The molecule has 1 aliphatic heterocycles. The molecule has 0 spiro atoms. The molecule has 6 rings (SSSR count). The van der Waals surface area contributed by atoms with Gasteiger partial charge in [0.1, 0.15) is 21.7 Å². The fraction of sp³-hybridized carbons (Fsp3) is 0.323. The Labute approximate surface area is 238 Å². The van der Waals surface area contributed by atoms with Crippen molar-refractivity contribution in [3.05, 3.63) is 77.0 Å². The second-order valence-electron chi connectivity index (χ2n) is 10.6. The normalized spacial score (nSPS) is 14.6. The summed E-state index contributed by atoms with van der Waals surface area (Å²) in [5.74, 6) is 1.61. The minimum absolute atomic E-state index is 0.378. The second kappa shape index (κ2) is 10.5. The number of nitrogens with zero attached hydrogens (tertiary/aromatic N) is 3. The molecule has 4 aromatic rings. The third kappa shape index (κ3) is 5.05. The first-order valence-electron chi connectivity index (χ1n) is 13.5.